The van der Waals surface area contributed by atoms with Crippen LogP contribution in [0.2, 0.25) is 0 Å². The van der Waals surface area contributed by atoms with E-state index in [4.69, 9.17) is 0 Å². The van der Waals surface area contributed by atoms with Crippen molar-refractivity contribution in [2.45, 2.75) is 19.9 Å². The third-order valence-corrected chi connectivity index (χ3v) is 5.28. The van der Waals surface area contributed by atoms with Gasteiger partial charge in [0.05, 0.1) is 22.0 Å². The normalized spacial score (nSPS) is 12.1. The van der Waals surface area contributed by atoms with Crippen molar-refractivity contribution < 1.29 is 10.1 Å². The van der Waals surface area contributed by atoms with E-state index in [2.05, 4.69) is 39.3 Å². The average molecular weight is 355 g/mol. The van der Waals surface area contributed by atoms with E-state index in [0.29, 0.717) is 6.54 Å². The molecule has 6 heteroatoms. The minimum Gasteiger partial charge on any atom is -0.328 e. The van der Waals surface area contributed by atoms with E-state index in [1.54, 1.807) is 16.0 Å². The number of amides is 1. The number of nitrogens with zero attached hydrogens (tertiary/aromatic N) is 2. The number of quaternary nitrogens is 1. The maximum Gasteiger partial charge on any atom is 0.279 e. The largest absolute Gasteiger partial charge is 0.328 e. The van der Waals surface area contributed by atoms with Crippen molar-refractivity contribution >= 4 is 22.9 Å². The Morgan fingerprint density at radius 3 is 2.60 bits per heavy atom. The van der Waals surface area contributed by atoms with Crippen molar-refractivity contribution in [1.82, 2.24) is 9.78 Å². The number of hydrogen-bond acceptors (Lipinski definition) is 3. The molecule has 0 saturated carbocycles. The third-order valence-electron chi connectivity index (χ3n) is 4.32. The molecule has 0 spiro atoms. The monoisotopic (exact) mass is 355 g/mol. The van der Waals surface area contributed by atoms with Gasteiger partial charge < -0.3 is 10.6 Å². The Bertz CT molecular complexity index is 840. The fourth-order valence-electron chi connectivity index (χ4n) is 2.91. The van der Waals surface area contributed by atoms with Crippen LogP contribution in [0, 0.1) is 13.8 Å². The number of benzene rings is 1. The Morgan fingerprint density at radius 1 is 1.24 bits per heavy atom. The van der Waals surface area contributed by atoms with Gasteiger partial charge in [0.15, 0.2) is 6.54 Å². The highest BCUT2D eigenvalue weighted by molar-refractivity contribution is 7.10. The summed E-state index contributed by atoms with van der Waals surface area (Å²) in [6, 6.07) is 14.6. The van der Waals surface area contributed by atoms with Crippen LogP contribution in [0.25, 0.3) is 0 Å². The number of aromatic nitrogens is 2. The fraction of sp³-hybridized carbons (Fsp3) is 0.263. The van der Waals surface area contributed by atoms with Gasteiger partial charge in [-0.2, -0.15) is 5.10 Å². The standard InChI is InChI=1S/C19H22N4OS/c1-13-18(14(2)23(3)22-13)21-17(24)12-20-19(16-10-7-11-25-16)15-8-5-4-6-9-15/h4-11,19-20H,12H2,1-3H3,(H,21,24)/p+1/t19-/m1/s1. The number of rotatable bonds is 6. The Hall–Kier alpha value is -2.44. The SMILES string of the molecule is Cc1nn(C)c(C)c1NC(=O)C[NH2+][C@H](c1ccccc1)c1cccs1. The Morgan fingerprint density at radius 2 is 2.00 bits per heavy atom. The zero-order valence-corrected chi connectivity index (χ0v) is 15.5. The first-order valence-electron chi connectivity index (χ1n) is 8.28. The molecule has 3 N–H and O–H groups in total. The molecular weight excluding hydrogens is 332 g/mol. The van der Waals surface area contributed by atoms with Crippen molar-refractivity contribution in [3.05, 3.63) is 69.7 Å². The fourth-order valence-corrected chi connectivity index (χ4v) is 3.77. The van der Waals surface area contributed by atoms with E-state index in [0.717, 1.165) is 17.1 Å². The Balaban J connectivity index is 1.70. The van der Waals surface area contributed by atoms with Crippen molar-refractivity contribution in [1.29, 1.82) is 0 Å². The molecule has 1 aromatic carbocycles. The number of nitrogens with one attached hydrogen (secondary N) is 1. The number of anilines is 1. The van der Waals surface area contributed by atoms with Gasteiger partial charge in [-0.3, -0.25) is 9.48 Å². The highest BCUT2D eigenvalue weighted by Gasteiger charge is 2.20. The van der Waals surface area contributed by atoms with E-state index in [1.807, 2.05) is 45.2 Å². The molecule has 0 saturated heterocycles. The summed E-state index contributed by atoms with van der Waals surface area (Å²) in [6.07, 6.45) is 0. The van der Waals surface area contributed by atoms with Crippen LogP contribution in [-0.4, -0.2) is 22.2 Å². The molecule has 0 bridgehead atoms. The zero-order chi connectivity index (χ0) is 17.8. The molecule has 25 heavy (non-hydrogen) atoms. The minimum absolute atomic E-state index is 0.0170. The van der Waals surface area contributed by atoms with Gasteiger partial charge in [0.2, 0.25) is 0 Å². The maximum atomic E-state index is 12.5. The van der Waals surface area contributed by atoms with Gasteiger partial charge in [-0.1, -0.05) is 36.4 Å². The van der Waals surface area contributed by atoms with E-state index < -0.39 is 0 Å². The van der Waals surface area contributed by atoms with Crippen LogP contribution < -0.4 is 10.6 Å². The number of aryl methyl sites for hydroxylation is 2. The Kier molecular flexibility index (Phi) is 5.31. The van der Waals surface area contributed by atoms with Gasteiger partial charge in [-0.25, -0.2) is 0 Å². The minimum atomic E-state index is -0.0170. The van der Waals surface area contributed by atoms with Crippen molar-refractivity contribution in [2.75, 3.05) is 11.9 Å². The molecule has 1 atom stereocenters. The summed E-state index contributed by atoms with van der Waals surface area (Å²) >= 11 is 1.71. The molecule has 0 fully saturated rings. The summed E-state index contributed by atoms with van der Waals surface area (Å²) in [5.41, 5.74) is 3.81. The second-order valence-corrected chi connectivity index (χ2v) is 7.04. The van der Waals surface area contributed by atoms with Crippen molar-refractivity contribution in [3.8, 4) is 0 Å². The second-order valence-electron chi connectivity index (χ2n) is 6.06. The smallest absolute Gasteiger partial charge is 0.279 e. The van der Waals surface area contributed by atoms with Crippen LogP contribution in [0.1, 0.15) is 27.9 Å². The summed E-state index contributed by atoms with van der Waals surface area (Å²) in [6.45, 7) is 4.22. The maximum absolute atomic E-state index is 12.5. The van der Waals surface area contributed by atoms with Crippen LogP contribution in [0.5, 0.6) is 0 Å². The lowest BCUT2D eigenvalue weighted by atomic mass is 10.1. The molecule has 2 aromatic heterocycles. The number of hydrogen-bond donors (Lipinski definition) is 2. The van der Waals surface area contributed by atoms with Crippen molar-refractivity contribution in [2.24, 2.45) is 7.05 Å². The lowest BCUT2D eigenvalue weighted by molar-refractivity contribution is -0.675. The number of nitrogens with two attached hydrogens (primary N) is 1. The Labute approximate surface area is 151 Å². The molecule has 5 nitrogen and oxygen atoms in total. The highest BCUT2D eigenvalue weighted by Crippen LogP contribution is 2.22. The molecule has 0 radical (unpaired) electrons. The van der Waals surface area contributed by atoms with Crippen LogP contribution in [0.3, 0.4) is 0 Å². The highest BCUT2D eigenvalue weighted by atomic mass is 32.1. The molecular formula is C19H23N4OS+. The summed E-state index contributed by atoms with van der Waals surface area (Å²) < 4.78 is 1.78. The van der Waals surface area contributed by atoms with Crippen LogP contribution in [-0.2, 0) is 11.8 Å². The average Bonchev–Trinajstić information content (AvgIpc) is 3.21. The molecule has 3 rings (SSSR count). The molecule has 1 amide bonds. The number of carbonyl (C=O) groups is 1. The number of thiophene rings is 1. The molecule has 0 unspecified atom stereocenters. The molecule has 3 aromatic rings. The summed E-state index contributed by atoms with van der Waals surface area (Å²) in [5.74, 6) is -0.0170. The molecule has 0 aliphatic rings. The van der Waals surface area contributed by atoms with Gasteiger partial charge in [0, 0.05) is 12.6 Å². The van der Waals surface area contributed by atoms with Gasteiger partial charge in [-0.15, -0.1) is 11.3 Å². The van der Waals surface area contributed by atoms with Crippen molar-refractivity contribution in [3.63, 3.8) is 0 Å². The van der Waals surface area contributed by atoms with Crippen LogP contribution >= 0.6 is 11.3 Å². The lowest BCUT2D eigenvalue weighted by Gasteiger charge is -2.14. The van der Waals surface area contributed by atoms with E-state index in [-0.39, 0.29) is 11.9 Å². The predicted molar refractivity (Wildman–Crippen MR) is 101 cm³/mol. The first-order valence-corrected chi connectivity index (χ1v) is 9.16. The quantitative estimate of drug-likeness (QED) is 0.713. The first kappa shape index (κ1) is 17.4. The third kappa shape index (κ3) is 3.97. The predicted octanol–water partition coefficient (Wildman–Crippen LogP) is 2.39. The molecule has 0 aliphatic carbocycles. The topological polar surface area (TPSA) is 63.5 Å². The summed E-state index contributed by atoms with van der Waals surface area (Å²) in [5, 5.41) is 11.5. The second kappa shape index (κ2) is 7.63. The van der Waals surface area contributed by atoms with Gasteiger partial charge in [0.25, 0.3) is 5.91 Å². The zero-order valence-electron chi connectivity index (χ0n) is 14.7. The number of carbonyl (C=O) groups excluding carboxylic acids is 1. The lowest BCUT2D eigenvalue weighted by Crippen LogP contribution is -2.87. The van der Waals surface area contributed by atoms with Gasteiger partial charge >= 0.3 is 0 Å². The van der Waals surface area contributed by atoms with Crippen LogP contribution in [0.15, 0.2) is 47.8 Å². The van der Waals surface area contributed by atoms with Gasteiger partial charge in [-0.05, 0) is 25.3 Å². The van der Waals surface area contributed by atoms with E-state index in [9.17, 15) is 4.79 Å². The van der Waals surface area contributed by atoms with E-state index >= 15 is 0 Å². The van der Waals surface area contributed by atoms with Gasteiger partial charge in [0.1, 0.15) is 6.04 Å². The summed E-state index contributed by atoms with van der Waals surface area (Å²) in [4.78, 5) is 13.7. The first-order chi connectivity index (χ1) is 12.1. The molecule has 130 valence electrons. The summed E-state index contributed by atoms with van der Waals surface area (Å²) in [7, 11) is 1.88. The molecule has 2 heterocycles. The van der Waals surface area contributed by atoms with Crippen LogP contribution in [0.4, 0.5) is 5.69 Å². The van der Waals surface area contributed by atoms with E-state index in [1.165, 1.54) is 10.4 Å². The molecule has 0 aliphatic heterocycles.